The summed E-state index contributed by atoms with van der Waals surface area (Å²) in [5.41, 5.74) is 1.76. The Hall–Kier alpha value is -2.91. The number of rotatable bonds is 7. The van der Waals surface area contributed by atoms with Gasteiger partial charge in [0.15, 0.2) is 0 Å². The zero-order valence-corrected chi connectivity index (χ0v) is 15.2. The number of anilines is 1. The van der Waals surface area contributed by atoms with Crippen molar-refractivity contribution in [2.75, 3.05) is 19.5 Å². The molecule has 3 aromatic rings. The third-order valence-electron chi connectivity index (χ3n) is 3.75. The minimum Gasteiger partial charge on any atom is -0.497 e. The fourth-order valence-corrected chi connectivity index (χ4v) is 2.95. The van der Waals surface area contributed by atoms with Crippen LogP contribution in [0.3, 0.4) is 0 Å². The number of nitrogens with one attached hydrogen (secondary N) is 2. The second kappa shape index (κ2) is 7.54. The number of nitrogens with zero attached hydrogens (tertiary/aromatic N) is 3. The fraction of sp³-hybridized carbons (Fsp3) is 0.176. The Labute approximate surface area is 151 Å². The van der Waals surface area contributed by atoms with Crippen LogP contribution in [-0.2, 0) is 16.6 Å². The highest BCUT2D eigenvalue weighted by molar-refractivity contribution is 7.89. The number of hydrogen-bond donors (Lipinski definition) is 2. The predicted molar refractivity (Wildman–Crippen MR) is 97.9 cm³/mol. The van der Waals surface area contributed by atoms with Crippen LogP contribution in [-0.4, -0.2) is 37.3 Å². The van der Waals surface area contributed by atoms with Gasteiger partial charge in [0.2, 0.25) is 10.0 Å². The molecular formula is C17H19N5O3S. The van der Waals surface area contributed by atoms with Gasteiger partial charge in [-0.05, 0) is 49.5 Å². The summed E-state index contributed by atoms with van der Waals surface area (Å²) in [5.74, 6) is 1.36. The molecule has 1 aromatic carbocycles. The van der Waals surface area contributed by atoms with Gasteiger partial charge in [-0.25, -0.2) is 22.8 Å². The summed E-state index contributed by atoms with van der Waals surface area (Å²) in [4.78, 5) is 4.23. The zero-order valence-electron chi connectivity index (χ0n) is 14.4. The third kappa shape index (κ3) is 4.01. The third-order valence-corrected chi connectivity index (χ3v) is 5.15. The van der Waals surface area contributed by atoms with Crippen LogP contribution < -0.4 is 14.8 Å². The Morgan fingerprint density at radius 2 is 1.88 bits per heavy atom. The van der Waals surface area contributed by atoms with Crippen molar-refractivity contribution >= 4 is 15.8 Å². The number of ether oxygens (including phenoxy) is 1. The monoisotopic (exact) mass is 373 g/mol. The van der Waals surface area contributed by atoms with E-state index in [1.54, 1.807) is 17.9 Å². The van der Waals surface area contributed by atoms with Crippen molar-refractivity contribution in [3.63, 3.8) is 0 Å². The van der Waals surface area contributed by atoms with Gasteiger partial charge in [0.25, 0.3) is 0 Å². The van der Waals surface area contributed by atoms with Gasteiger partial charge in [-0.2, -0.15) is 5.10 Å². The first-order chi connectivity index (χ1) is 12.5. The molecule has 136 valence electrons. The van der Waals surface area contributed by atoms with E-state index in [0.29, 0.717) is 12.4 Å². The fourth-order valence-electron chi connectivity index (χ4n) is 2.28. The smallest absolute Gasteiger partial charge is 0.241 e. The molecule has 0 unspecified atom stereocenters. The Morgan fingerprint density at radius 3 is 2.50 bits per heavy atom. The van der Waals surface area contributed by atoms with Crippen LogP contribution in [0, 0.1) is 0 Å². The van der Waals surface area contributed by atoms with Gasteiger partial charge < -0.3 is 10.1 Å². The van der Waals surface area contributed by atoms with Gasteiger partial charge in [0.1, 0.15) is 16.5 Å². The first-order valence-electron chi connectivity index (χ1n) is 7.84. The minimum absolute atomic E-state index is 0.120. The van der Waals surface area contributed by atoms with Gasteiger partial charge in [-0.1, -0.05) is 0 Å². The van der Waals surface area contributed by atoms with Gasteiger partial charge >= 0.3 is 0 Å². The molecule has 9 heteroatoms. The van der Waals surface area contributed by atoms with E-state index in [0.717, 1.165) is 17.1 Å². The van der Waals surface area contributed by atoms with E-state index in [-0.39, 0.29) is 4.90 Å². The zero-order chi connectivity index (χ0) is 18.6. The summed E-state index contributed by atoms with van der Waals surface area (Å²) < 4.78 is 32.5. The molecule has 0 fully saturated rings. The molecule has 8 nitrogen and oxygen atoms in total. The van der Waals surface area contributed by atoms with Crippen molar-refractivity contribution in [1.29, 1.82) is 0 Å². The Balaban J connectivity index is 1.64. The summed E-state index contributed by atoms with van der Waals surface area (Å²) >= 11 is 0. The van der Waals surface area contributed by atoms with E-state index in [2.05, 4.69) is 20.1 Å². The molecule has 0 saturated carbocycles. The Morgan fingerprint density at radius 1 is 1.12 bits per heavy atom. The van der Waals surface area contributed by atoms with Crippen LogP contribution in [0.15, 0.2) is 59.8 Å². The topological polar surface area (TPSA) is 98.1 Å². The van der Waals surface area contributed by atoms with Crippen molar-refractivity contribution in [1.82, 2.24) is 19.5 Å². The second-order valence-electron chi connectivity index (χ2n) is 5.39. The molecule has 26 heavy (non-hydrogen) atoms. The molecular weight excluding hydrogens is 354 g/mol. The molecule has 2 aromatic heterocycles. The molecule has 0 aliphatic rings. The molecule has 2 N–H and O–H groups in total. The molecule has 0 amide bonds. The molecule has 0 atom stereocenters. The minimum atomic E-state index is -3.48. The average molecular weight is 373 g/mol. The molecule has 0 bridgehead atoms. The number of hydrogen-bond acceptors (Lipinski definition) is 6. The highest BCUT2D eigenvalue weighted by atomic mass is 32.2. The van der Waals surface area contributed by atoms with Crippen LogP contribution in [0.5, 0.6) is 5.75 Å². The molecule has 3 rings (SSSR count). The number of methoxy groups -OCH3 is 1. The number of pyridine rings is 1. The first kappa shape index (κ1) is 17.9. The first-order valence-corrected chi connectivity index (χ1v) is 9.32. The maximum Gasteiger partial charge on any atom is 0.241 e. The summed E-state index contributed by atoms with van der Waals surface area (Å²) in [5, 5.41) is 7.62. The lowest BCUT2D eigenvalue weighted by molar-refractivity contribution is 0.414. The Bertz CT molecular complexity index is 966. The lowest BCUT2D eigenvalue weighted by Crippen LogP contribution is -2.18. The van der Waals surface area contributed by atoms with Crippen molar-refractivity contribution in [3.8, 4) is 11.4 Å². The van der Waals surface area contributed by atoms with Crippen molar-refractivity contribution in [2.45, 2.75) is 11.4 Å². The maximum absolute atomic E-state index is 11.7. The number of benzene rings is 1. The van der Waals surface area contributed by atoms with E-state index in [9.17, 15) is 8.42 Å². The largest absolute Gasteiger partial charge is 0.497 e. The lowest BCUT2D eigenvalue weighted by Gasteiger charge is -2.06. The van der Waals surface area contributed by atoms with Crippen molar-refractivity contribution in [3.05, 3.63) is 60.6 Å². The summed E-state index contributed by atoms with van der Waals surface area (Å²) in [6.45, 7) is 0.467. The Kier molecular flexibility index (Phi) is 5.19. The van der Waals surface area contributed by atoms with Gasteiger partial charge in [0, 0.05) is 12.4 Å². The molecule has 0 radical (unpaired) electrons. The molecule has 0 aliphatic carbocycles. The van der Waals surface area contributed by atoms with Crippen molar-refractivity contribution in [2.24, 2.45) is 0 Å². The maximum atomic E-state index is 11.7. The van der Waals surface area contributed by atoms with E-state index in [4.69, 9.17) is 4.74 Å². The van der Waals surface area contributed by atoms with Crippen LogP contribution >= 0.6 is 0 Å². The molecule has 0 saturated heterocycles. The lowest BCUT2D eigenvalue weighted by atomic mass is 10.3. The SMILES string of the molecule is CNS(=O)(=O)c1ccc(NCc2ccn(-c3ccc(OC)cc3)n2)nc1. The van der Waals surface area contributed by atoms with Crippen LogP contribution in [0.2, 0.25) is 0 Å². The molecule has 2 heterocycles. The average Bonchev–Trinajstić information content (AvgIpc) is 3.16. The molecule has 0 spiro atoms. The van der Waals surface area contributed by atoms with Crippen LogP contribution in [0.1, 0.15) is 5.69 Å². The summed E-state index contributed by atoms with van der Waals surface area (Å²) in [6, 6.07) is 12.6. The number of aromatic nitrogens is 3. The van der Waals surface area contributed by atoms with Crippen LogP contribution in [0.25, 0.3) is 5.69 Å². The summed E-state index contributed by atoms with van der Waals surface area (Å²) in [7, 11) is -0.491. The second-order valence-corrected chi connectivity index (χ2v) is 7.28. The van der Waals surface area contributed by atoms with Gasteiger partial charge in [-0.3, -0.25) is 0 Å². The van der Waals surface area contributed by atoms with E-state index < -0.39 is 10.0 Å². The van der Waals surface area contributed by atoms with Crippen molar-refractivity contribution < 1.29 is 13.2 Å². The highest BCUT2D eigenvalue weighted by Gasteiger charge is 2.11. The van der Waals surface area contributed by atoms with E-state index >= 15 is 0 Å². The van der Waals surface area contributed by atoms with E-state index in [1.807, 2.05) is 36.5 Å². The standard InChI is InChI=1S/C17H19N5O3S/c1-18-26(23,24)16-7-8-17(20-12-16)19-11-13-9-10-22(21-13)14-3-5-15(25-2)6-4-14/h3-10,12,18H,11H2,1-2H3,(H,19,20). The summed E-state index contributed by atoms with van der Waals surface area (Å²) in [6.07, 6.45) is 3.18. The van der Waals surface area contributed by atoms with Gasteiger partial charge in [-0.15, -0.1) is 0 Å². The number of sulfonamides is 1. The normalized spacial score (nSPS) is 11.3. The quantitative estimate of drug-likeness (QED) is 0.655. The highest BCUT2D eigenvalue weighted by Crippen LogP contribution is 2.15. The molecule has 0 aliphatic heterocycles. The van der Waals surface area contributed by atoms with Crippen LogP contribution in [0.4, 0.5) is 5.82 Å². The van der Waals surface area contributed by atoms with E-state index in [1.165, 1.54) is 19.3 Å². The predicted octanol–water partition coefficient (Wildman–Crippen LogP) is 1.80. The van der Waals surface area contributed by atoms with Gasteiger partial charge in [0.05, 0.1) is 25.0 Å².